The molecule has 1 atom stereocenters. The minimum atomic E-state index is -2.78. The number of sulfone groups is 1. The minimum Gasteiger partial charge on any atom is -0.293 e. The lowest BCUT2D eigenvalue weighted by molar-refractivity contribution is 0.350. The molecule has 1 rings (SSSR count). The van der Waals surface area contributed by atoms with Gasteiger partial charge < -0.3 is 0 Å². The van der Waals surface area contributed by atoms with Gasteiger partial charge in [0.2, 0.25) is 0 Å². The Bertz CT molecular complexity index is 210. The van der Waals surface area contributed by atoms with E-state index in [9.17, 15) is 8.42 Å². The maximum atomic E-state index is 11.2. The molecule has 0 aliphatic carbocycles. The predicted molar refractivity (Wildman–Crippen MR) is 40.5 cm³/mol. The standard InChI is InChI=1S/C6H13NO2S/c1-6-3-4-7(2)5-10(6,8)9/h6H,3-5H2,1-2H3. The van der Waals surface area contributed by atoms with Crippen LogP contribution in [0.25, 0.3) is 0 Å². The highest BCUT2D eigenvalue weighted by atomic mass is 32.2. The summed E-state index contributed by atoms with van der Waals surface area (Å²) in [7, 11) is -0.948. The Morgan fingerprint density at radius 2 is 2.10 bits per heavy atom. The van der Waals surface area contributed by atoms with E-state index in [1.54, 1.807) is 6.92 Å². The summed E-state index contributed by atoms with van der Waals surface area (Å²) in [5, 5.41) is -0.135. The van der Waals surface area contributed by atoms with Gasteiger partial charge in [-0.2, -0.15) is 0 Å². The third-order valence-electron chi connectivity index (χ3n) is 1.93. The Kier molecular flexibility index (Phi) is 2.01. The third kappa shape index (κ3) is 1.49. The van der Waals surface area contributed by atoms with Crippen LogP contribution in [0, 0.1) is 0 Å². The van der Waals surface area contributed by atoms with Crippen LogP contribution >= 0.6 is 0 Å². The fourth-order valence-electron chi connectivity index (χ4n) is 1.08. The molecular formula is C6H13NO2S. The van der Waals surface area contributed by atoms with Crippen LogP contribution in [0.3, 0.4) is 0 Å². The first-order chi connectivity index (χ1) is 4.52. The zero-order valence-corrected chi connectivity index (χ0v) is 7.19. The van der Waals surface area contributed by atoms with E-state index in [0.29, 0.717) is 0 Å². The Hall–Kier alpha value is -0.0900. The highest BCUT2D eigenvalue weighted by molar-refractivity contribution is 7.91. The van der Waals surface area contributed by atoms with E-state index in [2.05, 4.69) is 0 Å². The van der Waals surface area contributed by atoms with Gasteiger partial charge in [0.15, 0.2) is 9.84 Å². The van der Waals surface area contributed by atoms with Crippen LogP contribution in [-0.4, -0.2) is 38.0 Å². The van der Waals surface area contributed by atoms with Crippen LogP contribution in [0.5, 0.6) is 0 Å². The molecule has 0 spiro atoms. The van der Waals surface area contributed by atoms with Gasteiger partial charge in [-0.05, 0) is 20.4 Å². The van der Waals surface area contributed by atoms with Crippen molar-refractivity contribution in [3.8, 4) is 0 Å². The summed E-state index contributed by atoms with van der Waals surface area (Å²) >= 11 is 0. The molecule has 1 saturated heterocycles. The maximum Gasteiger partial charge on any atom is 0.166 e. The molecule has 1 heterocycles. The summed E-state index contributed by atoms with van der Waals surface area (Å²) in [4.78, 5) is 1.84. The van der Waals surface area contributed by atoms with Gasteiger partial charge in [-0.3, -0.25) is 4.90 Å². The average Bonchev–Trinajstić information content (AvgIpc) is 1.78. The van der Waals surface area contributed by atoms with Crippen molar-refractivity contribution in [1.29, 1.82) is 0 Å². The second-order valence-corrected chi connectivity index (χ2v) is 5.36. The largest absolute Gasteiger partial charge is 0.293 e. The molecule has 0 aromatic rings. The van der Waals surface area contributed by atoms with Crippen molar-refractivity contribution in [1.82, 2.24) is 4.90 Å². The predicted octanol–water partition coefficient (Wildman–Crippen LogP) is 0.0827. The zero-order chi connectivity index (χ0) is 7.78. The summed E-state index contributed by atoms with van der Waals surface area (Å²) in [5.74, 6) is 0.230. The molecular weight excluding hydrogens is 150 g/mol. The highest BCUT2D eigenvalue weighted by Gasteiger charge is 2.27. The number of hydrogen-bond acceptors (Lipinski definition) is 3. The molecule has 0 aromatic heterocycles. The molecule has 0 bridgehead atoms. The van der Waals surface area contributed by atoms with Crippen molar-refractivity contribution >= 4 is 9.84 Å². The van der Waals surface area contributed by atoms with Crippen molar-refractivity contribution in [2.75, 3.05) is 19.5 Å². The molecule has 60 valence electrons. The van der Waals surface area contributed by atoms with Crippen LogP contribution in [0.1, 0.15) is 13.3 Å². The van der Waals surface area contributed by atoms with Crippen LogP contribution in [-0.2, 0) is 9.84 Å². The maximum absolute atomic E-state index is 11.2. The average molecular weight is 163 g/mol. The smallest absolute Gasteiger partial charge is 0.166 e. The van der Waals surface area contributed by atoms with E-state index in [1.807, 2.05) is 11.9 Å². The molecule has 4 heteroatoms. The van der Waals surface area contributed by atoms with Crippen molar-refractivity contribution in [2.45, 2.75) is 18.6 Å². The monoisotopic (exact) mass is 163 g/mol. The minimum absolute atomic E-state index is 0.135. The molecule has 1 aliphatic heterocycles. The zero-order valence-electron chi connectivity index (χ0n) is 6.37. The number of hydrogen-bond donors (Lipinski definition) is 0. The summed E-state index contributed by atoms with van der Waals surface area (Å²) in [6.07, 6.45) is 0.777. The lowest BCUT2D eigenvalue weighted by atomic mass is 10.3. The highest BCUT2D eigenvalue weighted by Crippen LogP contribution is 2.13. The Morgan fingerprint density at radius 3 is 2.50 bits per heavy atom. The van der Waals surface area contributed by atoms with Crippen LogP contribution in [0.2, 0.25) is 0 Å². The van der Waals surface area contributed by atoms with Gasteiger partial charge in [-0.25, -0.2) is 8.42 Å². The number of nitrogens with zero attached hydrogens (tertiary/aromatic N) is 1. The first-order valence-corrected chi connectivity index (χ1v) is 5.14. The van der Waals surface area contributed by atoms with Crippen LogP contribution in [0.15, 0.2) is 0 Å². The second kappa shape index (κ2) is 2.51. The quantitative estimate of drug-likeness (QED) is 0.507. The fourth-order valence-corrected chi connectivity index (χ4v) is 2.54. The van der Waals surface area contributed by atoms with Gasteiger partial charge >= 0.3 is 0 Å². The van der Waals surface area contributed by atoms with Gasteiger partial charge in [0, 0.05) is 6.54 Å². The van der Waals surface area contributed by atoms with Gasteiger partial charge in [-0.15, -0.1) is 0 Å². The van der Waals surface area contributed by atoms with E-state index in [-0.39, 0.29) is 11.1 Å². The molecule has 0 N–H and O–H groups in total. The van der Waals surface area contributed by atoms with E-state index < -0.39 is 9.84 Å². The first-order valence-electron chi connectivity index (χ1n) is 3.42. The van der Waals surface area contributed by atoms with E-state index in [0.717, 1.165) is 13.0 Å². The SMILES string of the molecule is CC1CCN(C)CS1(=O)=O. The summed E-state index contributed by atoms with van der Waals surface area (Å²) < 4.78 is 22.3. The Balaban J connectivity index is 2.74. The van der Waals surface area contributed by atoms with Crippen LogP contribution in [0.4, 0.5) is 0 Å². The van der Waals surface area contributed by atoms with Crippen molar-refractivity contribution < 1.29 is 8.42 Å². The van der Waals surface area contributed by atoms with Gasteiger partial charge in [0.05, 0.1) is 5.25 Å². The lowest BCUT2D eigenvalue weighted by Gasteiger charge is -2.26. The molecule has 3 nitrogen and oxygen atoms in total. The van der Waals surface area contributed by atoms with Crippen molar-refractivity contribution in [3.63, 3.8) is 0 Å². The summed E-state index contributed by atoms with van der Waals surface area (Å²) in [6.45, 7) is 2.68. The van der Waals surface area contributed by atoms with Crippen molar-refractivity contribution in [3.05, 3.63) is 0 Å². The molecule has 1 aliphatic rings. The first kappa shape index (κ1) is 8.01. The van der Waals surface area contributed by atoms with E-state index >= 15 is 0 Å². The number of rotatable bonds is 0. The second-order valence-electron chi connectivity index (χ2n) is 2.97. The normalized spacial score (nSPS) is 34.0. The van der Waals surface area contributed by atoms with Crippen molar-refractivity contribution in [2.24, 2.45) is 0 Å². The van der Waals surface area contributed by atoms with Gasteiger partial charge in [-0.1, -0.05) is 0 Å². The third-order valence-corrected chi connectivity index (χ3v) is 4.19. The Morgan fingerprint density at radius 1 is 1.50 bits per heavy atom. The van der Waals surface area contributed by atoms with E-state index in [4.69, 9.17) is 0 Å². The van der Waals surface area contributed by atoms with E-state index in [1.165, 1.54) is 0 Å². The Labute approximate surface area is 61.9 Å². The molecule has 0 radical (unpaired) electrons. The molecule has 1 unspecified atom stereocenters. The topological polar surface area (TPSA) is 37.4 Å². The van der Waals surface area contributed by atoms with Gasteiger partial charge in [0.1, 0.15) is 5.88 Å². The molecule has 0 saturated carbocycles. The van der Waals surface area contributed by atoms with Gasteiger partial charge in [0.25, 0.3) is 0 Å². The molecule has 0 aromatic carbocycles. The lowest BCUT2D eigenvalue weighted by Crippen LogP contribution is -2.39. The molecule has 0 amide bonds. The molecule has 10 heavy (non-hydrogen) atoms. The summed E-state index contributed by atoms with van der Waals surface area (Å²) in [6, 6.07) is 0. The summed E-state index contributed by atoms with van der Waals surface area (Å²) in [5.41, 5.74) is 0. The molecule has 1 fully saturated rings. The fraction of sp³-hybridized carbons (Fsp3) is 1.00. The van der Waals surface area contributed by atoms with Crippen LogP contribution < -0.4 is 0 Å².